The van der Waals surface area contributed by atoms with Crippen LogP contribution in [0.25, 0.3) is 0 Å². The van der Waals surface area contributed by atoms with E-state index in [1.165, 1.54) is 37.1 Å². The van der Waals surface area contributed by atoms with Gasteiger partial charge in [-0.1, -0.05) is 67.1 Å². The lowest BCUT2D eigenvalue weighted by Gasteiger charge is -2.41. The van der Waals surface area contributed by atoms with Crippen molar-refractivity contribution in [2.75, 3.05) is 19.6 Å². The molecule has 1 amide bonds. The summed E-state index contributed by atoms with van der Waals surface area (Å²) in [4.78, 5) is 28.8. The van der Waals surface area contributed by atoms with E-state index in [4.69, 9.17) is 0 Å². The monoisotopic (exact) mass is 506 g/mol. The Bertz CT molecular complexity index is 1020. The quantitative estimate of drug-likeness (QED) is 0.402. The minimum absolute atomic E-state index is 0. The Morgan fingerprint density at radius 3 is 1.54 bits per heavy atom. The summed E-state index contributed by atoms with van der Waals surface area (Å²) < 4.78 is 0. The lowest BCUT2D eigenvalue weighted by Crippen LogP contribution is -2.53. The first-order valence-corrected chi connectivity index (χ1v) is 13.5. The third kappa shape index (κ3) is 8.01. The molecule has 0 aliphatic carbocycles. The lowest BCUT2D eigenvalue weighted by atomic mass is 9.86. The molecular formula is C33H50N2O2. The van der Waals surface area contributed by atoms with E-state index in [1.54, 1.807) is 4.90 Å². The fraction of sp³-hybridized carbons (Fsp3) is 0.576. The van der Waals surface area contributed by atoms with Crippen LogP contribution in [0, 0.1) is 13.8 Å². The van der Waals surface area contributed by atoms with Gasteiger partial charge in [-0.2, -0.15) is 0 Å². The van der Waals surface area contributed by atoms with Gasteiger partial charge in [0.05, 0.1) is 5.92 Å². The van der Waals surface area contributed by atoms with Gasteiger partial charge in [0.15, 0.2) is 0 Å². The summed E-state index contributed by atoms with van der Waals surface area (Å²) in [6.45, 7) is 20.1. The highest BCUT2D eigenvalue weighted by molar-refractivity contribution is 6.38. The number of piperidine rings is 2. The van der Waals surface area contributed by atoms with Gasteiger partial charge in [0.2, 0.25) is 5.78 Å². The van der Waals surface area contributed by atoms with E-state index in [2.05, 4.69) is 56.9 Å². The Morgan fingerprint density at radius 1 is 0.649 bits per heavy atom. The van der Waals surface area contributed by atoms with Crippen LogP contribution in [0.3, 0.4) is 0 Å². The predicted octanol–water partition coefficient (Wildman–Crippen LogP) is 7.29. The Labute approximate surface area is 226 Å². The van der Waals surface area contributed by atoms with Gasteiger partial charge < -0.3 is 4.90 Å². The summed E-state index contributed by atoms with van der Waals surface area (Å²) in [6, 6.07) is 17.0. The van der Waals surface area contributed by atoms with Crippen LogP contribution >= 0.6 is 0 Å². The van der Waals surface area contributed by atoms with E-state index in [0.717, 1.165) is 17.0 Å². The number of rotatable bonds is 2. The molecule has 1 atom stereocenters. The van der Waals surface area contributed by atoms with E-state index in [9.17, 15) is 9.59 Å². The molecule has 1 unspecified atom stereocenters. The molecule has 2 heterocycles. The van der Waals surface area contributed by atoms with Crippen LogP contribution in [0.5, 0.6) is 0 Å². The summed E-state index contributed by atoms with van der Waals surface area (Å²) in [5.41, 5.74) is 5.06. The van der Waals surface area contributed by atoms with Gasteiger partial charge in [-0.3, -0.25) is 14.5 Å². The highest BCUT2D eigenvalue weighted by atomic mass is 16.2. The van der Waals surface area contributed by atoms with Gasteiger partial charge in [-0.05, 0) is 105 Å². The number of carbonyl (C=O) groups excluding carboxylic acids is 2. The van der Waals surface area contributed by atoms with Crippen molar-refractivity contribution in [3.8, 4) is 0 Å². The molecule has 0 aromatic heterocycles. The third-order valence-electron chi connectivity index (χ3n) is 7.70. The molecule has 0 N–H and O–H groups in total. The molecule has 2 aliphatic heterocycles. The number of nitrogens with zero attached hydrogens (tertiary/aromatic N) is 2. The van der Waals surface area contributed by atoms with Crippen LogP contribution in [-0.4, -0.2) is 52.2 Å². The molecule has 0 spiro atoms. The first-order chi connectivity index (χ1) is 16.8. The van der Waals surface area contributed by atoms with Crippen LogP contribution in [0.1, 0.15) is 102 Å². The van der Waals surface area contributed by atoms with Crippen molar-refractivity contribution in [2.24, 2.45) is 0 Å². The summed E-state index contributed by atoms with van der Waals surface area (Å²) in [6.07, 6.45) is 3.32. The molecule has 0 radical (unpaired) electrons. The molecule has 2 saturated heterocycles. The van der Waals surface area contributed by atoms with Crippen LogP contribution in [0.4, 0.5) is 0 Å². The normalized spacial score (nSPS) is 19.7. The molecule has 4 nitrogen and oxygen atoms in total. The van der Waals surface area contributed by atoms with Gasteiger partial charge in [-0.25, -0.2) is 0 Å². The minimum Gasteiger partial charge on any atom is -0.331 e. The topological polar surface area (TPSA) is 40.6 Å². The zero-order valence-corrected chi connectivity index (χ0v) is 23.7. The Morgan fingerprint density at radius 2 is 1.11 bits per heavy atom. The third-order valence-corrected chi connectivity index (χ3v) is 7.70. The maximum Gasteiger partial charge on any atom is 0.291 e. The summed E-state index contributed by atoms with van der Waals surface area (Å²) >= 11 is 0. The second kappa shape index (κ2) is 12.4. The molecule has 4 rings (SSSR count). The average molecular weight is 507 g/mol. The van der Waals surface area contributed by atoms with E-state index in [-0.39, 0.29) is 30.6 Å². The standard InChI is InChI=1S/C16H21NO2.C16H25N.CH4/c1-11-5-7-12(8-6-11)13-9-10-17(16(2,3)4)15(19)14(13)18;1-13-5-7-14(8-6-13)15-9-11-17(12-10-15)16(2,3)4;/h5-8,13H,9-10H2,1-4H3;5-8,15H,9-12H2,1-4H3;1H4. The van der Waals surface area contributed by atoms with Crippen molar-refractivity contribution in [3.63, 3.8) is 0 Å². The van der Waals surface area contributed by atoms with Gasteiger partial charge in [0.1, 0.15) is 0 Å². The van der Waals surface area contributed by atoms with E-state index >= 15 is 0 Å². The maximum atomic E-state index is 12.3. The van der Waals surface area contributed by atoms with Crippen LogP contribution in [0.15, 0.2) is 48.5 Å². The second-order valence-electron chi connectivity index (χ2n) is 12.6. The number of benzene rings is 2. The molecule has 2 fully saturated rings. The fourth-order valence-corrected chi connectivity index (χ4v) is 5.25. The number of carbonyl (C=O) groups is 2. The lowest BCUT2D eigenvalue weighted by molar-refractivity contribution is -0.151. The Balaban J connectivity index is 0.000000255. The SMILES string of the molecule is C.Cc1ccc(C2CCN(C(C)(C)C)C(=O)C2=O)cc1.Cc1ccc(C2CCN(C(C)(C)C)CC2)cc1. The average Bonchev–Trinajstić information content (AvgIpc) is 2.81. The zero-order valence-electron chi connectivity index (χ0n) is 23.7. The van der Waals surface area contributed by atoms with Crippen LogP contribution < -0.4 is 0 Å². The zero-order chi connectivity index (χ0) is 26.7. The molecular weight excluding hydrogens is 456 g/mol. The highest BCUT2D eigenvalue weighted by Gasteiger charge is 2.39. The number of amides is 1. The number of Topliss-reactive ketones (excluding diaryl/α,β-unsaturated/α-hetero) is 1. The maximum absolute atomic E-state index is 12.3. The highest BCUT2D eigenvalue weighted by Crippen LogP contribution is 2.31. The van der Waals surface area contributed by atoms with Crippen LogP contribution in [-0.2, 0) is 9.59 Å². The minimum atomic E-state index is -0.343. The van der Waals surface area contributed by atoms with Crippen molar-refractivity contribution < 1.29 is 9.59 Å². The number of hydrogen-bond acceptors (Lipinski definition) is 3. The summed E-state index contributed by atoms with van der Waals surface area (Å²) in [7, 11) is 0. The first-order valence-electron chi connectivity index (χ1n) is 13.5. The van der Waals surface area contributed by atoms with Crippen molar-refractivity contribution in [1.82, 2.24) is 9.80 Å². The van der Waals surface area contributed by atoms with E-state index in [0.29, 0.717) is 18.5 Å². The molecule has 2 aliphatic rings. The molecule has 4 heteroatoms. The van der Waals surface area contributed by atoms with E-state index in [1.807, 2.05) is 52.0 Å². The van der Waals surface area contributed by atoms with Gasteiger partial charge in [0.25, 0.3) is 5.91 Å². The molecule has 204 valence electrons. The predicted molar refractivity (Wildman–Crippen MR) is 156 cm³/mol. The summed E-state index contributed by atoms with van der Waals surface area (Å²) in [5.74, 6) is -0.116. The Hall–Kier alpha value is -2.46. The van der Waals surface area contributed by atoms with Crippen LogP contribution in [0.2, 0.25) is 0 Å². The molecule has 37 heavy (non-hydrogen) atoms. The van der Waals surface area contributed by atoms with Gasteiger partial charge >= 0.3 is 0 Å². The molecule has 0 saturated carbocycles. The molecule has 2 aromatic rings. The van der Waals surface area contributed by atoms with E-state index < -0.39 is 0 Å². The van der Waals surface area contributed by atoms with Crippen molar-refractivity contribution >= 4 is 11.7 Å². The van der Waals surface area contributed by atoms with Crippen molar-refractivity contribution in [2.45, 2.75) is 105 Å². The molecule has 2 aromatic carbocycles. The largest absolute Gasteiger partial charge is 0.331 e. The Kier molecular flexibility index (Phi) is 10.3. The second-order valence-corrected chi connectivity index (χ2v) is 12.6. The number of hydrogen-bond donors (Lipinski definition) is 0. The van der Waals surface area contributed by atoms with Crippen molar-refractivity contribution in [3.05, 3.63) is 70.8 Å². The van der Waals surface area contributed by atoms with Crippen molar-refractivity contribution in [1.29, 1.82) is 0 Å². The smallest absolute Gasteiger partial charge is 0.291 e. The molecule has 0 bridgehead atoms. The van der Waals surface area contributed by atoms with Gasteiger partial charge in [0, 0.05) is 17.6 Å². The number of aryl methyl sites for hydroxylation is 2. The summed E-state index contributed by atoms with van der Waals surface area (Å²) in [5, 5.41) is 0. The van der Waals surface area contributed by atoms with Gasteiger partial charge in [-0.15, -0.1) is 0 Å². The number of likely N-dealkylation sites (tertiary alicyclic amines) is 2. The first kappa shape index (κ1) is 30.8. The number of ketones is 1. The fourth-order valence-electron chi connectivity index (χ4n) is 5.25.